The molecule has 0 unspecified atom stereocenters. The molecule has 0 aromatic heterocycles. The van der Waals surface area contributed by atoms with Gasteiger partial charge in [0.25, 0.3) is 0 Å². The summed E-state index contributed by atoms with van der Waals surface area (Å²) in [6.45, 7) is 0.810. The molecule has 0 heterocycles. The Morgan fingerprint density at radius 2 is 1.94 bits per heavy atom. The van der Waals surface area contributed by atoms with Crippen LogP contribution in [0, 0.1) is 5.92 Å². The molecule has 0 spiro atoms. The second-order valence-electron chi connectivity index (χ2n) is 4.21. The molecule has 17 heavy (non-hydrogen) atoms. The highest BCUT2D eigenvalue weighted by Gasteiger charge is 2.20. The van der Waals surface area contributed by atoms with E-state index in [4.69, 9.17) is 5.73 Å². The molecule has 0 saturated heterocycles. The Balaban J connectivity index is 2.83. The number of alkyl halides is 2. The van der Waals surface area contributed by atoms with Gasteiger partial charge >= 0.3 is 6.61 Å². The van der Waals surface area contributed by atoms with Crippen molar-refractivity contribution in [1.29, 1.82) is 0 Å². The smallest absolute Gasteiger partial charge is 0.387 e. The van der Waals surface area contributed by atoms with Gasteiger partial charge < -0.3 is 15.6 Å². The Hall–Kier alpha value is -1.20. The first-order valence-corrected chi connectivity index (χ1v) is 5.40. The molecule has 0 aliphatic carbocycles. The maximum absolute atomic E-state index is 12.0. The van der Waals surface area contributed by atoms with Crippen molar-refractivity contribution in [2.45, 2.75) is 32.6 Å². The third-order valence-corrected chi connectivity index (χ3v) is 2.52. The maximum Gasteiger partial charge on any atom is 0.387 e. The minimum Gasteiger partial charge on any atom is -0.435 e. The average Bonchev–Trinajstić information content (AvgIpc) is 2.26. The number of rotatable bonds is 5. The molecule has 96 valence electrons. The van der Waals surface area contributed by atoms with Gasteiger partial charge in [-0.05, 0) is 23.6 Å². The second-order valence-corrected chi connectivity index (χ2v) is 4.21. The van der Waals surface area contributed by atoms with E-state index in [0.717, 1.165) is 0 Å². The lowest BCUT2D eigenvalue weighted by Crippen LogP contribution is -2.30. The van der Waals surface area contributed by atoms with Gasteiger partial charge in [-0.15, -0.1) is 0 Å². The maximum atomic E-state index is 12.0. The number of nitrogens with two attached hydrogens (primary N) is 1. The van der Waals surface area contributed by atoms with Crippen LogP contribution in [0.3, 0.4) is 0 Å². The first-order valence-electron chi connectivity index (χ1n) is 5.40. The van der Waals surface area contributed by atoms with Crippen LogP contribution in [-0.4, -0.2) is 17.8 Å². The van der Waals surface area contributed by atoms with Crippen molar-refractivity contribution in [2.75, 3.05) is 0 Å². The average molecular weight is 245 g/mol. The van der Waals surface area contributed by atoms with E-state index >= 15 is 0 Å². The molecule has 1 aromatic carbocycles. The highest BCUT2D eigenvalue weighted by atomic mass is 19.3. The molecule has 0 fully saturated rings. The molecule has 0 aliphatic heterocycles. The highest BCUT2D eigenvalue weighted by molar-refractivity contribution is 5.31. The molecular formula is C12H17F2NO2. The Morgan fingerprint density at radius 3 is 2.47 bits per heavy atom. The van der Waals surface area contributed by atoms with E-state index in [1.165, 1.54) is 12.1 Å². The van der Waals surface area contributed by atoms with Crippen LogP contribution in [0.1, 0.15) is 25.5 Å². The summed E-state index contributed by atoms with van der Waals surface area (Å²) in [7, 11) is 0. The lowest BCUT2D eigenvalue weighted by Gasteiger charge is -2.22. The summed E-state index contributed by atoms with van der Waals surface area (Å²) in [6.07, 6.45) is -0.725. The second kappa shape index (κ2) is 5.93. The molecule has 3 nitrogen and oxygen atoms in total. The molecular weight excluding hydrogens is 228 g/mol. The molecule has 0 bridgehead atoms. The number of halogens is 2. The van der Waals surface area contributed by atoms with Crippen molar-refractivity contribution in [2.24, 2.45) is 11.7 Å². The van der Waals surface area contributed by atoms with Crippen LogP contribution < -0.4 is 10.5 Å². The summed E-state index contributed by atoms with van der Waals surface area (Å²) in [5, 5.41) is 9.81. The molecule has 0 radical (unpaired) electrons. The monoisotopic (exact) mass is 245 g/mol. The predicted octanol–water partition coefficient (Wildman–Crippen LogP) is 2.30. The summed E-state index contributed by atoms with van der Waals surface area (Å²) in [6, 6.07) is 5.47. The van der Waals surface area contributed by atoms with Crippen molar-refractivity contribution >= 4 is 0 Å². The van der Waals surface area contributed by atoms with Crippen LogP contribution in [0.5, 0.6) is 5.75 Å². The first kappa shape index (κ1) is 13.9. The van der Waals surface area contributed by atoms with Crippen LogP contribution in [0.15, 0.2) is 24.3 Å². The summed E-state index contributed by atoms with van der Waals surface area (Å²) in [5.41, 5.74) is 6.42. The van der Waals surface area contributed by atoms with Gasteiger partial charge in [-0.25, -0.2) is 0 Å². The van der Waals surface area contributed by atoms with E-state index in [0.29, 0.717) is 5.56 Å². The zero-order chi connectivity index (χ0) is 13.0. The Kier molecular flexibility index (Phi) is 4.84. The van der Waals surface area contributed by atoms with Gasteiger partial charge in [-0.3, -0.25) is 0 Å². The van der Waals surface area contributed by atoms with Crippen molar-refractivity contribution in [3.63, 3.8) is 0 Å². The number of hydrogen-bond acceptors (Lipinski definition) is 3. The normalized spacial score (nSPS) is 15.1. The quantitative estimate of drug-likeness (QED) is 0.837. The van der Waals surface area contributed by atoms with E-state index in [-0.39, 0.29) is 11.7 Å². The summed E-state index contributed by atoms with van der Waals surface area (Å²) in [4.78, 5) is 0. The number of benzene rings is 1. The first-order chi connectivity index (χ1) is 7.91. The van der Waals surface area contributed by atoms with Crippen molar-refractivity contribution in [3.05, 3.63) is 29.8 Å². The molecule has 0 amide bonds. The third-order valence-electron chi connectivity index (χ3n) is 2.52. The van der Waals surface area contributed by atoms with Gasteiger partial charge in [0.1, 0.15) is 5.75 Å². The van der Waals surface area contributed by atoms with Gasteiger partial charge in [0.05, 0.1) is 12.1 Å². The number of ether oxygens (including phenoxy) is 1. The summed E-state index contributed by atoms with van der Waals surface area (Å²) >= 11 is 0. The van der Waals surface area contributed by atoms with E-state index in [1.807, 2.05) is 13.8 Å². The fraction of sp³-hybridized carbons (Fsp3) is 0.500. The van der Waals surface area contributed by atoms with Crippen molar-refractivity contribution < 1.29 is 18.6 Å². The van der Waals surface area contributed by atoms with Gasteiger partial charge in [-0.2, -0.15) is 8.78 Å². The summed E-state index contributed by atoms with van der Waals surface area (Å²) < 4.78 is 28.3. The van der Waals surface area contributed by atoms with E-state index in [1.54, 1.807) is 12.1 Å². The number of hydrogen-bond donors (Lipinski definition) is 2. The minimum atomic E-state index is -2.86. The molecule has 0 saturated carbocycles. The summed E-state index contributed by atoms with van der Waals surface area (Å²) in [5.74, 6) is 0.0357. The molecule has 5 heteroatoms. The van der Waals surface area contributed by atoms with Crippen LogP contribution in [0.25, 0.3) is 0 Å². The number of aliphatic hydroxyl groups is 1. The highest BCUT2D eigenvalue weighted by Crippen LogP contribution is 2.24. The fourth-order valence-corrected chi connectivity index (χ4v) is 1.51. The van der Waals surface area contributed by atoms with Crippen molar-refractivity contribution in [3.8, 4) is 5.75 Å². The van der Waals surface area contributed by atoms with Gasteiger partial charge in [0.2, 0.25) is 0 Å². The predicted molar refractivity (Wildman–Crippen MR) is 60.8 cm³/mol. The zero-order valence-electron chi connectivity index (χ0n) is 9.81. The molecule has 3 N–H and O–H groups in total. The van der Waals surface area contributed by atoms with Crippen LogP contribution in [0.2, 0.25) is 0 Å². The van der Waals surface area contributed by atoms with Crippen LogP contribution in [0.4, 0.5) is 8.78 Å². The zero-order valence-corrected chi connectivity index (χ0v) is 9.81. The fourth-order valence-electron chi connectivity index (χ4n) is 1.51. The molecule has 0 aliphatic rings. The van der Waals surface area contributed by atoms with Gasteiger partial charge in [-0.1, -0.05) is 26.0 Å². The van der Waals surface area contributed by atoms with E-state index < -0.39 is 18.8 Å². The van der Waals surface area contributed by atoms with Gasteiger partial charge in [0.15, 0.2) is 0 Å². The lowest BCUT2D eigenvalue weighted by atomic mass is 9.94. The molecule has 1 rings (SSSR count). The standard InChI is InChI=1S/C12H17F2NO2/c1-7(2)11(16)10(15)8-4-3-5-9(6-8)17-12(13)14/h3-7,10-12,16H,15H2,1-2H3/t10-,11+/m1/s1. The van der Waals surface area contributed by atoms with Crippen molar-refractivity contribution in [1.82, 2.24) is 0 Å². The molecule has 1 aromatic rings. The molecule has 2 atom stereocenters. The van der Waals surface area contributed by atoms with E-state index in [9.17, 15) is 13.9 Å². The third kappa shape index (κ3) is 3.94. The largest absolute Gasteiger partial charge is 0.435 e. The topological polar surface area (TPSA) is 55.5 Å². The van der Waals surface area contributed by atoms with Crippen LogP contribution >= 0.6 is 0 Å². The Labute approximate surface area is 99.2 Å². The van der Waals surface area contributed by atoms with Gasteiger partial charge in [0, 0.05) is 0 Å². The Morgan fingerprint density at radius 1 is 1.29 bits per heavy atom. The van der Waals surface area contributed by atoms with E-state index in [2.05, 4.69) is 4.74 Å². The lowest BCUT2D eigenvalue weighted by molar-refractivity contribution is -0.0499. The van der Waals surface area contributed by atoms with Crippen LogP contribution in [-0.2, 0) is 0 Å². The number of aliphatic hydroxyl groups excluding tert-OH is 1. The minimum absolute atomic E-state index is 0.00956. The SMILES string of the molecule is CC(C)[C@H](O)[C@H](N)c1cccc(OC(F)F)c1. The Bertz CT molecular complexity index is 358.